The van der Waals surface area contributed by atoms with E-state index in [4.69, 9.17) is 0 Å². The molecule has 0 radical (unpaired) electrons. The number of hydrogen-bond donors (Lipinski definition) is 2. The molecule has 0 aliphatic carbocycles. The lowest BCUT2D eigenvalue weighted by atomic mass is 10.0. The van der Waals surface area contributed by atoms with Gasteiger partial charge in [0.1, 0.15) is 5.75 Å². The Balaban J connectivity index is 1.80. The maximum absolute atomic E-state index is 12.4. The quantitative estimate of drug-likeness (QED) is 0.413. The van der Waals surface area contributed by atoms with Crippen molar-refractivity contribution < 1.29 is 14.8 Å². The molecule has 0 aliphatic heterocycles. The molecule has 0 aromatic heterocycles. The van der Waals surface area contributed by atoms with Crippen LogP contribution in [-0.4, -0.2) is 15.8 Å². The van der Waals surface area contributed by atoms with E-state index in [1.165, 1.54) is 18.2 Å². The van der Waals surface area contributed by atoms with E-state index in [0.29, 0.717) is 16.9 Å². The average molecular weight is 334 g/mol. The number of hydrogen-bond acceptors (Lipinski definition) is 5. The van der Waals surface area contributed by atoms with Crippen molar-refractivity contribution in [3.8, 4) is 5.75 Å². The molecule has 3 aromatic carbocycles. The van der Waals surface area contributed by atoms with Gasteiger partial charge in [0, 0.05) is 35.1 Å². The second kappa shape index (κ2) is 6.84. The van der Waals surface area contributed by atoms with E-state index in [2.05, 4.69) is 5.32 Å². The van der Waals surface area contributed by atoms with Gasteiger partial charge in [-0.05, 0) is 24.3 Å². The zero-order chi connectivity index (χ0) is 17.8. The molecule has 6 nitrogen and oxygen atoms in total. The molecule has 0 amide bonds. The summed E-state index contributed by atoms with van der Waals surface area (Å²) in [6.45, 7) is 0. The highest BCUT2D eigenvalue weighted by molar-refractivity contribution is 6.10. The third kappa shape index (κ3) is 3.64. The maximum atomic E-state index is 12.4. The van der Waals surface area contributed by atoms with Crippen LogP contribution in [-0.2, 0) is 0 Å². The highest BCUT2D eigenvalue weighted by atomic mass is 16.6. The van der Waals surface area contributed by atoms with Crippen LogP contribution in [0.25, 0.3) is 0 Å². The molecule has 0 saturated heterocycles. The molecule has 0 atom stereocenters. The van der Waals surface area contributed by atoms with E-state index in [-0.39, 0.29) is 22.8 Å². The molecule has 0 saturated carbocycles. The minimum Gasteiger partial charge on any atom is -0.507 e. The first-order valence-electron chi connectivity index (χ1n) is 7.49. The van der Waals surface area contributed by atoms with Gasteiger partial charge in [-0.1, -0.05) is 30.3 Å². The van der Waals surface area contributed by atoms with E-state index in [9.17, 15) is 20.0 Å². The molecule has 3 aromatic rings. The third-order valence-corrected chi connectivity index (χ3v) is 3.65. The normalized spacial score (nSPS) is 10.2. The van der Waals surface area contributed by atoms with Crippen LogP contribution in [0.2, 0.25) is 0 Å². The molecule has 0 unspecified atom stereocenters. The fourth-order valence-corrected chi connectivity index (χ4v) is 2.38. The Hall–Kier alpha value is -3.67. The van der Waals surface area contributed by atoms with Crippen LogP contribution >= 0.6 is 0 Å². The smallest absolute Gasteiger partial charge is 0.269 e. The Labute approximate surface area is 143 Å². The summed E-state index contributed by atoms with van der Waals surface area (Å²) >= 11 is 0. The van der Waals surface area contributed by atoms with Crippen LogP contribution in [0.1, 0.15) is 15.9 Å². The van der Waals surface area contributed by atoms with Gasteiger partial charge in [-0.3, -0.25) is 14.9 Å². The first kappa shape index (κ1) is 16.2. The van der Waals surface area contributed by atoms with Gasteiger partial charge in [0.2, 0.25) is 0 Å². The number of non-ortho nitro benzene ring substituents is 1. The van der Waals surface area contributed by atoms with Crippen LogP contribution in [0.3, 0.4) is 0 Å². The number of carbonyl (C=O) groups is 1. The maximum Gasteiger partial charge on any atom is 0.269 e. The number of aromatic hydroxyl groups is 1. The van der Waals surface area contributed by atoms with Crippen LogP contribution in [0.15, 0.2) is 72.8 Å². The van der Waals surface area contributed by atoms with Gasteiger partial charge in [0.25, 0.3) is 5.69 Å². The van der Waals surface area contributed by atoms with Gasteiger partial charge in [-0.15, -0.1) is 0 Å². The van der Waals surface area contributed by atoms with Crippen molar-refractivity contribution in [1.29, 1.82) is 0 Å². The summed E-state index contributed by atoms with van der Waals surface area (Å²) in [5, 5.41) is 23.8. The second-order valence-electron chi connectivity index (χ2n) is 5.36. The summed E-state index contributed by atoms with van der Waals surface area (Å²) in [6, 6.07) is 19.3. The first-order chi connectivity index (χ1) is 12.0. The largest absolute Gasteiger partial charge is 0.507 e. The fraction of sp³-hybridized carbons (Fsp3) is 0. The molecule has 6 heteroatoms. The molecule has 25 heavy (non-hydrogen) atoms. The van der Waals surface area contributed by atoms with E-state index < -0.39 is 4.92 Å². The fourth-order valence-electron chi connectivity index (χ4n) is 2.38. The molecule has 0 fully saturated rings. The van der Waals surface area contributed by atoms with Crippen molar-refractivity contribution in [3.05, 3.63) is 94.0 Å². The Morgan fingerprint density at radius 1 is 0.920 bits per heavy atom. The van der Waals surface area contributed by atoms with Gasteiger partial charge in [0.05, 0.1) is 10.5 Å². The average Bonchev–Trinajstić information content (AvgIpc) is 2.62. The number of nitro benzene ring substituents is 1. The number of nitro groups is 1. The lowest BCUT2D eigenvalue weighted by Gasteiger charge is -2.09. The van der Waals surface area contributed by atoms with E-state index >= 15 is 0 Å². The molecule has 2 N–H and O–H groups in total. The van der Waals surface area contributed by atoms with Crippen molar-refractivity contribution in [2.75, 3.05) is 5.32 Å². The van der Waals surface area contributed by atoms with E-state index in [1.54, 1.807) is 48.5 Å². The van der Waals surface area contributed by atoms with Crippen LogP contribution < -0.4 is 5.32 Å². The number of ketones is 1. The topological polar surface area (TPSA) is 92.5 Å². The zero-order valence-corrected chi connectivity index (χ0v) is 13.0. The minimum absolute atomic E-state index is 0.00259. The molecule has 0 heterocycles. The van der Waals surface area contributed by atoms with E-state index in [0.717, 1.165) is 0 Å². The van der Waals surface area contributed by atoms with Gasteiger partial charge < -0.3 is 10.4 Å². The predicted molar refractivity (Wildman–Crippen MR) is 94.4 cm³/mol. The molecule has 0 spiro atoms. The van der Waals surface area contributed by atoms with Gasteiger partial charge in [-0.2, -0.15) is 0 Å². The Morgan fingerprint density at radius 2 is 1.56 bits per heavy atom. The number of phenolic OH excluding ortho intramolecular Hbond substituents is 1. The molecule has 3 rings (SSSR count). The number of rotatable bonds is 5. The van der Waals surface area contributed by atoms with Crippen molar-refractivity contribution in [3.63, 3.8) is 0 Å². The monoisotopic (exact) mass is 334 g/mol. The summed E-state index contributed by atoms with van der Waals surface area (Å²) in [5.74, 6) is -0.402. The Bertz CT molecular complexity index is 922. The number of nitrogens with one attached hydrogen (secondary N) is 1. The van der Waals surface area contributed by atoms with Crippen LogP contribution in [0.4, 0.5) is 17.1 Å². The molecule has 0 aliphatic rings. The standard InChI is InChI=1S/C19H14N2O4/c22-18-12-15(20-14-6-9-16(10-7-14)21(24)25)8-11-17(18)19(23)13-4-2-1-3-5-13/h1-12,20,22H. The highest BCUT2D eigenvalue weighted by Gasteiger charge is 2.14. The molecule has 0 bridgehead atoms. The summed E-state index contributed by atoms with van der Waals surface area (Å²) in [5.41, 5.74) is 1.90. The van der Waals surface area contributed by atoms with Gasteiger partial charge in [0.15, 0.2) is 5.78 Å². The minimum atomic E-state index is -0.473. The number of anilines is 2. The van der Waals surface area contributed by atoms with Crippen LogP contribution in [0.5, 0.6) is 5.75 Å². The number of benzene rings is 3. The summed E-state index contributed by atoms with van der Waals surface area (Å²) < 4.78 is 0. The van der Waals surface area contributed by atoms with Crippen molar-refractivity contribution >= 4 is 22.8 Å². The van der Waals surface area contributed by atoms with Crippen molar-refractivity contribution in [1.82, 2.24) is 0 Å². The SMILES string of the molecule is O=C(c1ccccc1)c1ccc(Nc2ccc([N+](=O)[O-])cc2)cc1O. The third-order valence-electron chi connectivity index (χ3n) is 3.65. The number of carbonyl (C=O) groups excluding carboxylic acids is 1. The summed E-state index contributed by atoms with van der Waals surface area (Å²) in [6.07, 6.45) is 0. The summed E-state index contributed by atoms with van der Waals surface area (Å²) in [7, 11) is 0. The number of nitrogens with zero attached hydrogens (tertiary/aromatic N) is 1. The zero-order valence-electron chi connectivity index (χ0n) is 13.0. The molecule has 124 valence electrons. The lowest BCUT2D eigenvalue weighted by molar-refractivity contribution is -0.384. The first-order valence-corrected chi connectivity index (χ1v) is 7.49. The second-order valence-corrected chi connectivity index (χ2v) is 5.36. The number of phenols is 1. The van der Waals surface area contributed by atoms with Crippen molar-refractivity contribution in [2.24, 2.45) is 0 Å². The van der Waals surface area contributed by atoms with E-state index in [1.807, 2.05) is 6.07 Å². The van der Waals surface area contributed by atoms with Crippen LogP contribution in [0, 0.1) is 10.1 Å². The van der Waals surface area contributed by atoms with Gasteiger partial charge >= 0.3 is 0 Å². The predicted octanol–water partition coefficient (Wildman–Crippen LogP) is 4.28. The summed E-state index contributed by atoms with van der Waals surface area (Å²) in [4.78, 5) is 22.6. The highest BCUT2D eigenvalue weighted by Crippen LogP contribution is 2.27. The lowest BCUT2D eigenvalue weighted by Crippen LogP contribution is -2.02. The molecular formula is C19H14N2O4. The van der Waals surface area contributed by atoms with Crippen molar-refractivity contribution in [2.45, 2.75) is 0 Å². The van der Waals surface area contributed by atoms with Gasteiger partial charge in [-0.25, -0.2) is 0 Å². The Morgan fingerprint density at radius 3 is 2.16 bits per heavy atom. The Kier molecular flexibility index (Phi) is 4.43. The molecular weight excluding hydrogens is 320 g/mol.